The Balaban J connectivity index is 2.29. The number of hydrogen-bond acceptors (Lipinski definition) is 6. The summed E-state index contributed by atoms with van der Waals surface area (Å²) in [5.41, 5.74) is 6.74. The van der Waals surface area contributed by atoms with Gasteiger partial charge in [-0.1, -0.05) is 13.3 Å². The van der Waals surface area contributed by atoms with E-state index < -0.39 is 12.2 Å². The normalized spacial score (nSPS) is 24.3. The summed E-state index contributed by atoms with van der Waals surface area (Å²) in [6.07, 6.45) is 1.72. The fourth-order valence-corrected chi connectivity index (χ4v) is 2.12. The molecule has 6 nitrogen and oxygen atoms in total. The average molecular weight is 238 g/mol. The zero-order valence-corrected chi connectivity index (χ0v) is 9.87. The van der Waals surface area contributed by atoms with Gasteiger partial charge in [-0.05, 0) is 6.42 Å². The summed E-state index contributed by atoms with van der Waals surface area (Å²) in [4.78, 5) is 10.1. The van der Waals surface area contributed by atoms with Gasteiger partial charge in [0.15, 0.2) is 0 Å². The van der Waals surface area contributed by atoms with Crippen molar-refractivity contribution in [2.45, 2.75) is 32.0 Å². The van der Waals surface area contributed by atoms with Crippen molar-refractivity contribution < 1.29 is 10.2 Å². The maximum absolute atomic E-state index is 9.55. The second-order valence-electron chi connectivity index (χ2n) is 4.35. The highest BCUT2D eigenvalue weighted by Crippen LogP contribution is 2.26. The molecule has 2 rings (SSSR count). The van der Waals surface area contributed by atoms with Crippen molar-refractivity contribution in [2.75, 3.05) is 23.7 Å². The molecule has 0 amide bonds. The topological polar surface area (TPSA) is 95.5 Å². The highest BCUT2D eigenvalue weighted by atomic mass is 16.3. The van der Waals surface area contributed by atoms with Gasteiger partial charge >= 0.3 is 0 Å². The summed E-state index contributed by atoms with van der Waals surface area (Å²) in [5.74, 6) is 1.21. The molecule has 2 heterocycles. The molecule has 0 aromatic carbocycles. The Labute approximate surface area is 100 Å². The molecular formula is C11H18N4O2. The molecule has 1 aromatic rings. The predicted octanol–water partition coefficient (Wildman–Crippen LogP) is -0.447. The third-order valence-electron chi connectivity index (χ3n) is 3.01. The van der Waals surface area contributed by atoms with Crippen LogP contribution in [0.25, 0.3) is 0 Å². The van der Waals surface area contributed by atoms with E-state index in [0.29, 0.717) is 18.9 Å². The molecular weight excluding hydrogens is 220 g/mol. The van der Waals surface area contributed by atoms with Crippen molar-refractivity contribution in [3.8, 4) is 0 Å². The molecule has 1 fully saturated rings. The van der Waals surface area contributed by atoms with E-state index in [1.165, 1.54) is 6.33 Å². The number of aromatic nitrogens is 2. The first-order valence-electron chi connectivity index (χ1n) is 5.84. The third kappa shape index (κ3) is 2.32. The minimum Gasteiger partial charge on any atom is -0.389 e. The lowest BCUT2D eigenvalue weighted by Gasteiger charge is -2.20. The number of nitrogens with zero attached hydrogens (tertiary/aromatic N) is 3. The van der Waals surface area contributed by atoms with Crippen molar-refractivity contribution in [3.05, 3.63) is 11.9 Å². The molecule has 0 bridgehead atoms. The van der Waals surface area contributed by atoms with Crippen LogP contribution in [0.5, 0.6) is 0 Å². The molecule has 0 spiro atoms. The minimum atomic E-state index is -0.722. The molecule has 1 aliphatic rings. The van der Waals surface area contributed by atoms with E-state index in [1.54, 1.807) is 0 Å². The number of anilines is 2. The first-order chi connectivity index (χ1) is 8.13. The van der Waals surface area contributed by atoms with Crippen LogP contribution < -0.4 is 10.6 Å². The molecule has 94 valence electrons. The van der Waals surface area contributed by atoms with Gasteiger partial charge in [0.2, 0.25) is 0 Å². The van der Waals surface area contributed by atoms with Crippen LogP contribution in [0.3, 0.4) is 0 Å². The van der Waals surface area contributed by atoms with Crippen LogP contribution in [0, 0.1) is 0 Å². The molecule has 6 heteroatoms. The van der Waals surface area contributed by atoms with Gasteiger partial charge < -0.3 is 20.8 Å². The van der Waals surface area contributed by atoms with E-state index >= 15 is 0 Å². The van der Waals surface area contributed by atoms with Gasteiger partial charge in [0.25, 0.3) is 0 Å². The van der Waals surface area contributed by atoms with E-state index in [1.807, 2.05) is 4.90 Å². The van der Waals surface area contributed by atoms with E-state index in [4.69, 9.17) is 5.73 Å². The Kier molecular flexibility index (Phi) is 3.44. The van der Waals surface area contributed by atoms with Crippen molar-refractivity contribution in [1.29, 1.82) is 0 Å². The van der Waals surface area contributed by atoms with Crippen LogP contribution >= 0.6 is 0 Å². The van der Waals surface area contributed by atoms with Crippen LogP contribution in [-0.2, 0) is 6.42 Å². The molecule has 2 unspecified atom stereocenters. The monoisotopic (exact) mass is 238 g/mol. The van der Waals surface area contributed by atoms with Crippen LogP contribution in [-0.4, -0.2) is 45.5 Å². The Morgan fingerprint density at radius 2 is 2.00 bits per heavy atom. The number of rotatable bonds is 3. The molecule has 1 aliphatic heterocycles. The Hall–Kier alpha value is -1.40. The smallest absolute Gasteiger partial charge is 0.137 e. The van der Waals surface area contributed by atoms with Crippen molar-refractivity contribution in [1.82, 2.24) is 9.97 Å². The van der Waals surface area contributed by atoms with E-state index in [0.717, 1.165) is 24.2 Å². The van der Waals surface area contributed by atoms with Gasteiger partial charge in [-0.2, -0.15) is 0 Å². The number of aliphatic hydroxyl groups is 2. The Bertz CT molecular complexity index is 389. The van der Waals surface area contributed by atoms with Crippen LogP contribution in [0.15, 0.2) is 6.33 Å². The summed E-state index contributed by atoms with van der Waals surface area (Å²) >= 11 is 0. The number of aliphatic hydroxyl groups excluding tert-OH is 2. The van der Waals surface area contributed by atoms with Gasteiger partial charge in [0, 0.05) is 18.7 Å². The van der Waals surface area contributed by atoms with Crippen LogP contribution in [0.2, 0.25) is 0 Å². The second-order valence-corrected chi connectivity index (χ2v) is 4.35. The van der Waals surface area contributed by atoms with E-state index in [2.05, 4.69) is 16.9 Å². The Morgan fingerprint density at radius 3 is 2.59 bits per heavy atom. The van der Waals surface area contributed by atoms with Gasteiger partial charge in [-0.25, -0.2) is 9.97 Å². The maximum Gasteiger partial charge on any atom is 0.137 e. The van der Waals surface area contributed by atoms with Crippen molar-refractivity contribution in [3.63, 3.8) is 0 Å². The average Bonchev–Trinajstić information content (AvgIpc) is 2.62. The highest BCUT2D eigenvalue weighted by molar-refractivity contribution is 5.57. The molecule has 0 radical (unpaired) electrons. The van der Waals surface area contributed by atoms with Gasteiger partial charge in [0.05, 0.1) is 12.2 Å². The quantitative estimate of drug-likeness (QED) is 0.660. The Morgan fingerprint density at radius 1 is 1.35 bits per heavy atom. The summed E-state index contributed by atoms with van der Waals surface area (Å²) in [5, 5.41) is 19.1. The summed E-state index contributed by atoms with van der Waals surface area (Å²) < 4.78 is 0. The zero-order chi connectivity index (χ0) is 12.4. The molecule has 0 saturated carbocycles. The van der Waals surface area contributed by atoms with E-state index in [9.17, 15) is 10.2 Å². The molecule has 0 aliphatic carbocycles. The third-order valence-corrected chi connectivity index (χ3v) is 3.01. The standard InChI is InChI=1S/C11H18N4O2/c1-2-3-7-10(12)13-6-14-11(7)15-4-8(16)9(17)5-15/h6,8-9,16-17H,2-5H2,1H3,(H2,12,13,14). The molecule has 17 heavy (non-hydrogen) atoms. The fraction of sp³-hybridized carbons (Fsp3) is 0.636. The largest absolute Gasteiger partial charge is 0.389 e. The van der Waals surface area contributed by atoms with Gasteiger partial charge in [0.1, 0.15) is 18.0 Å². The molecule has 2 atom stereocenters. The first kappa shape index (κ1) is 12.1. The lowest BCUT2D eigenvalue weighted by Crippen LogP contribution is -2.24. The second kappa shape index (κ2) is 4.85. The van der Waals surface area contributed by atoms with E-state index in [-0.39, 0.29) is 0 Å². The van der Waals surface area contributed by atoms with Gasteiger partial charge in [-0.15, -0.1) is 0 Å². The highest BCUT2D eigenvalue weighted by Gasteiger charge is 2.31. The first-order valence-corrected chi connectivity index (χ1v) is 5.84. The van der Waals surface area contributed by atoms with Crippen LogP contribution in [0.1, 0.15) is 18.9 Å². The SMILES string of the molecule is CCCc1c(N)ncnc1N1CC(O)C(O)C1. The summed E-state index contributed by atoms with van der Waals surface area (Å²) in [6, 6.07) is 0. The molecule has 1 aromatic heterocycles. The van der Waals surface area contributed by atoms with Crippen molar-refractivity contribution >= 4 is 11.6 Å². The fourth-order valence-electron chi connectivity index (χ4n) is 2.12. The lowest BCUT2D eigenvalue weighted by atomic mass is 10.1. The van der Waals surface area contributed by atoms with Crippen LogP contribution in [0.4, 0.5) is 11.6 Å². The number of nitrogens with two attached hydrogens (primary N) is 1. The summed E-state index contributed by atoms with van der Waals surface area (Å²) in [6.45, 7) is 2.83. The van der Waals surface area contributed by atoms with Crippen molar-refractivity contribution in [2.24, 2.45) is 0 Å². The molecule has 4 N–H and O–H groups in total. The minimum absolute atomic E-state index is 0.383. The van der Waals surface area contributed by atoms with Gasteiger partial charge in [-0.3, -0.25) is 0 Å². The molecule has 1 saturated heterocycles. The summed E-state index contributed by atoms with van der Waals surface area (Å²) in [7, 11) is 0. The number of β-amino-alcohol motifs (C(OH)–C–C–N with tert-alkyl or cyclic N) is 2. The predicted molar refractivity (Wildman–Crippen MR) is 64.7 cm³/mol. The lowest BCUT2D eigenvalue weighted by molar-refractivity contribution is 0.0572. The zero-order valence-electron chi connectivity index (χ0n) is 9.87. The number of nitrogen functional groups attached to an aromatic ring is 1. The number of hydrogen-bond donors (Lipinski definition) is 3. The maximum atomic E-state index is 9.55.